The Morgan fingerprint density at radius 3 is 2.46 bits per heavy atom. The summed E-state index contributed by atoms with van der Waals surface area (Å²) in [4.78, 5) is 34.6. The molecule has 142 valence electrons. The Labute approximate surface area is 152 Å². The number of primary amides is 1. The second-order valence-electron chi connectivity index (χ2n) is 5.71. The molecule has 0 heterocycles. The Bertz CT molecular complexity index is 684. The van der Waals surface area contributed by atoms with E-state index in [1.165, 1.54) is 7.11 Å². The molecule has 0 spiro atoms. The molecule has 0 saturated carbocycles. The average Bonchev–Trinajstić information content (AvgIpc) is 2.57. The number of ether oxygens (including phenoxy) is 3. The maximum Gasteiger partial charge on any atom is 0.344 e. The number of carbonyl (C=O) groups excluding carboxylic acids is 3. The summed E-state index contributed by atoms with van der Waals surface area (Å²) in [7, 11) is 1.49. The van der Waals surface area contributed by atoms with Gasteiger partial charge < -0.3 is 19.9 Å². The van der Waals surface area contributed by atoms with Crippen molar-refractivity contribution in [3.8, 4) is 11.5 Å². The number of rotatable bonds is 8. The SMILES string of the molecule is C/C=C/c1ccc(OCC(=O)O[C@H](C(=O)NC(N)=O)C(C)C)c(OC)c1. The molecule has 0 unspecified atom stereocenters. The van der Waals surface area contributed by atoms with Crippen LogP contribution in [-0.4, -0.2) is 37.7 Å². The number of imide groups is 1. The van der Waals surface area contributed by atoms with Crippen LogP contribution in [0.5, 0.6) is 11.5 Å². The van der Waals surface area contributed by atoms with Crippen LogP contribution in [-0.2, 0) is 14.3 Å². The lowest BCUT2D eigenvalue weighted by Crippen LogP contribution is -2.46. The molecule has 0 aliphatic rings. The molecule has 0 bridgehead atoms. The van der Waals surface area contributed by atoms with Gasteiger partial charge in [0.1, 0.15) is 0 Å². The number of urea groups is 1. The van der Waals surface area contributed by atoms with E-state index in [0.717, 1.165) is 5.56 Å². The van der Waals surface area contributed by atoms with Gasteiger partial charge in [-0.25, -0.2) is 9.59 Å². The minimum absolute atomic E-state index is 0.354. The van der Waals surface area contributed by atoms with Gasteiger partial charge >= 0.3 is 12.0 Å². The minimum atomic E-state index is -1.16. The van der Waals surface area contributed by atoms with Gasteiger partial charge in [0.2, 0.25) is 0 Å². The summed E-state index contributed by atoms with van der Waals surface area (Å²) in [6.45, 7) is 4.81. The molecule has 0 saturated heterocycles. The smallest absolute Gasteiger partial charge is 0.344 e. The maximum absolute atomic E-state index is 12.0. The maximum atomic E-state index is 12.0. The molecule has 0 aromatic heterocycles. The summed E-state index contributed by atoms with van der Waals surface area (Å²) in [5.41, 5.74) is 5.83. The van der Waals surface area contributed by atoms with Crippen LogP contribution in [0.2, 0.25) is 0 Å². The van der Waals surface area contributed by atoms with E-state index in [-0.39, 0.29) is 5.92 Å². The molecule has 0 fully saturated rings. The summed E-state index contributed by atoms with van der Waals surface area (Å²) in [6, 6.07) is 4.22. The van der Waals surface area contributed by atoms with Crippen molar-refractivity contribution < 1.29 is 28.6 Å². The topological polar surface area (TPSA) is 117 Å². The van der Waals surface area contributed by atoms with E-state index in [9.17, 15) is 14.4 Å². The zero-order valence-electron chi connectivity index (χ0n) is 15.3. The highest BCUT2D eigenvalue weighted by Gasteiger charge is 2.27. The first-order chi connectivity index (χ1) is 12.3. The highest BCUT2D eigenvalue weighted by atomic mass is 16.6. The number of methoxy groups -OCH3 is 1. The first-order valence-corrected chi connectivity index (χ1v) is 8.01. The van der Waals surface area contributed by atoms with Crippen molar-refractivity contribution in [2.75, 3.05) is 13.7 Å². The summed E-state index contributed by atoms with van der Waals surface area (Å²) < 4.78 is 15.8. The molecular weight excluding hydrogens is 340 g/mol. The van der Waals surface area contributed by atoms with Gasteiger partial charge in [-0.05, 0) is 30.5 Å². The van der Waals surface area contributed by atoms with E-state index >= 15 is 0 Å². The molecular formula is C18H24N2O6. The van der Waals surface area contributed by atoms with E-state index in [4.69, 9.17) is 19.9 Å². The lowest BCUT2D eigenvalue weighted by atomic mass is 10.1. The standard InChI is InChI=1S/C18H24N2O6/c1-5-6-12-7-8-13(14(9-12)24-4)25-10-15(21)26-16(11(2)3)17(22)20-18(19)23/h5-9,11,16H,10H2,1-4H3,(H3,19,20,22,23)/b6-5+/t16-/m0/s1. The third kappa shape index (κ3) is 6.46. The van der Waals surface area contributed by atoms with Crippen LogP contribution in [0.4, 0.5) is 4.79 Å². The highest BCUT2D eigenvalue weighted by Crippen LogP contribution is 2.28. The number of nitrogens with two attached hydrogens (primary N) is 1. The Kier molecular flexibility index (Phi) is 8.14. The van der Waals surface area contributed by atoms with Gasteiger partial charge in [-0.1, -0.05) is 32.1 Å². The molecule has 0 radical (unpaired) electrons. The molecule has 1 aromatic carbocycles. The molecule has 26 heavy (non-hydrogen) atoms. The Hall–Kier alpha value is -3.03. The predicted octanol–water partition coefficient (Wildman–Crippen LogP) is 1.87. The zero-order valence-corrected chi connectivity index (χ0v) is 15.3. The van der Waals surface area contributed by atoms with E-state index < -0.39 is 30.6 Å². The number of esters is 1. The average molecular weight is 364 g/mol. The van der Waals surface area contributed by atoms with Crippen LogP contribution >= 0.6 is 0 Å². The lowest BCUT2D eigenvalue weighted by molar-refractivity contribution is -0.160. The van der Waals surface area contributed by atoms with Crippen molar-refractivity contribution in [3.05, 3.63) is 29.8 Å². The van der Waals surface area contributed by atoms with Gasteiger partial charge in [0.15, 0.2) is 24.2 Å². The largest absolute Gasteiger partial charge is 0.493 e. The molecule has 0 aliphatic heterocycles. The Balaban J connectivity index is 2.73. The number of allylic oxidation sites excluding steroid dienone is 1. The van der Waals surface area contributed by atoms with Crippen molar-refractivity contribution in [1.82, 2.24) is 5.32 Å². The van der Waals surface area contributed by atoms with Crippen molar-refractivity contribution in [1.29, 1.82) is 0 Å². The van der Waals surface area contributed by atoms with Crippen LogP contribution in [0, 0.1) is 5.92 Å². The second kappa shape index (κ2) is 10.1. The third-order valence-corrected chi connectivity index (χ3v) is 3.26. The van der Waals surface area contributed by atoms with Crippen molar-refractivity contribution >= 4 is 24.0 Å². The van der Waals surface area contributed by atoms with E-state index in [1.807, 2.05) is 24.4 Å². The lowest BCUT2D eigenvalue weighted by Gasteiger charge is -2.20. The van der Waals surface area contributed by atoms with Gasteiger partial charge in [-0.3, -0.25) is 10.1 Å². The van der Waals surface area contributed by atoms with Gasteiger partial charge in [0.05, 0.1) is 7.11 Å². The highest BCUT2D eigenvalue weighted by molar-refractivity contribution is 5.96. The molecule has 8 heteroatoms. The number of hydrogen-bond acceptors (Lipinski definition) is 6. The summed E-state index contributed by atoms with van der Waals surface area (Å²) in [6.07, 6.45) is 2.62. The number of nitrogens with one attached hydrogen (secondary N) is 1. The molecule has 3 amide bonds. The fourth-order valence-corrected chi connectivity index (χ4v) is 2.10. The number of benzene rings is 1. The normalized spacial score (nSPS) is 11.9. The molecule has 1 atom stereocenters. The summed E-state index contributed by atoms with van der Waals surface area (Å²) in [5, 5.41) is 1.90. The van der Waals surface area contributed by atoms with Crippen LogP contribution in [0.25, 0.3) is 6.08 Å². The van der Waals surface area contributed by atoms with Crippen molar-refractivity contribution in [2.45, 2.75) is 26.9 Å². The van der Waals surface area contributed by atoms with Crippen LogP contribution in [0.3, 0.4) is 0 Å². The molecule has 3 N–H and O–H groups in total. The summed E-state index contributed by atoms with van der Waals surface area (Å²) >= 11 is 0. The molecule has 8 nitrogen and oxygen atoms in total. The van der Waals surface area contributed by atoms with Gasteiger partial charge in [0.25, 0.3) is 5.91 Å². The van der Waals surface area contributed by atoms with Crippen LogP contribution < -0.4 is 20.5 Å². The van der Waals surface area contributed by atoms with Gasteiger partial charge in [0, 0.05) is 0 Å². The van der Waals surface area contributed by atoms with Crippen LogP contribution in [0.15, 0.2) is 24.3 Å². The number of carbonyl (C=O) groups is 3. The number of amides is 3. The first kappa shape index (κ1) is 21.0. The molecule has 1 aromatic rings. The van der Waals surface area contributed by atoms with Crippen molar-refractivity contribution in [3.63, 3.8) is 0 Å². The fraction of sp³-hybridized carbons (Fsp3) is 0.389. The van der Waals surface area contributed by atoms with Crippen LogP contribution in [0.1, 0.15) is 26.3 Å². The van der Waals surface area contributed by atoms with E-state index in [0.29, 0.717) is 11.5 Å². The molecule has 1 rings (SSSR count). The quantitative estimate of drug-likeness (QED) is 0.680. The monoisotopic (exact) mass is 364 g/mol. The summed E-state index contributed by atoms with van der Waals surface area (Å²) in [5.74, 6) is -1.08. The zero-order chi connectivity index (χ0) is 19.7. The van der Waals surface area contributed by atoms with Crippen molar-refractivity contribution in [2.24, 2.45) is 11.7 Å². The van der Waals surface area contributed by atoms with E-state index in [1.54, 1.807) is 32.0 Å². The second-order valence-corrected chi connectivity index (χ2v) is 5.71. The van der Waals surface area contributed by atoms with Gasteiger partial charge in [-0.15, -0.1) is 0 Å². The fourth-order valence-electron chi connectivity index (χ4n) is 2.10. The molecule has 0 aliphatic carbocycles. The third-order valence-electron chi connectivity index (χ3n) is 3.26. The predicted molar refractivity (Wildman–Crippen MR) is 95.6 cm³/mol. The van der Waals surface area contributed by atoms with Gasteiger partial charge in [-0.2, -0.15) is 0 Å². The Morgan fingerprint density at radius 1 is 1.23 bits per heavy atom. The first-order valence-electron chi connectivity index (χ1n) is 8.01. The Morgan fingerprint density at radius 2 is 1.92 bits per heavy atom. The number of hydrogen-bond donors (Lipinski definition) is 2. The minimum Gasteiger partial charge on any atom is -0.493 e. The van der Waals surface area contributed by atoms with E-state index in [2.05, 4.69) is 0 Å².